The maximum atomic E-state index is 9.62. The van der Waals surface area contributed by atoms with Gasteiger partial charge in [0.25, 0.3) is 0 Å². The summed E-state index contributed by atoms with van der Waals surface area (Å²) >= 11 is 0. The van der Waals surface area contributed by atoms with Gasteiger partial charge in [-0.25, -0.2) is 0 Å². The number of aliphatic hydroxyl groups excluding tert-OH is 1. The van der Waals surface area contributed by atoms with Crippen molar-refractivity contribution in [3.05, 3.63) is 24.3 Å². The quantitative estimate of drug-likeness (QED) is 0.925. The lowest BCUT2D eigenvalue weighted by Gasteiger charge is -2.42. The molecule has 1 aliphatic heterocycles. The van der Waals surface area contributed by atoms with Crippen LogP contribution in [0.3, 0.4) is 0 Å². The van der Waals surface area contributed by atoms with E-state index in [1.165, 1.54) is 5.69 Å². The molecule has 0 bridgehead atoms. The van der Waals surface area contributed by atoms with Crippen molar-refractivity contribution in [3.63, 3.8) is 0 Å². The second-order valence-electron chi connectivity index (χ2n) is 6.18. The molecule has 0 spiro atoms. The zero-order valence-corrected chi connectivity index (χ0v) is 12.9. The summed E-state index contributed by atoms with van der Waals surface area (Å²) in [6, 6.07) is 9.04. The first kappa shape index (κ1) is 14.7. The molecule has 1 aromatic rings. The van der Waals surface area contributed by atoms with Crippen LogP contribution in [0.1, 0.15) is 25.7 Å². The number of methoxy groups -OCH3 is 1. The summed E-state index contributed by atoms with van der Waals surface area (Å²) < 4.78 is 5.21. The van der Waals surface area contributed by atoms with Gasteiger partial charge in [0.15, 0.2) is 0 Å². The zero-order valence-electron chi connectivity index (χ0n) is 12.9. The molecule has 3 rings (SSSR count). The highest BCUT2D eigenvalue weighted by Gasteiger charge is 2.27. The second-order valence-corrected chi connectivity index (χ2v) is 6.18. The van der Waals surface area contributed by atoms with Gasteiger partial charge in [-0.1, -0.05) is 0 Å². The van der Waals surface area contributed by atoms with Gasteiger partial charge in [0.1, 0.15) is 5.75 Å². The maximum Gasteiger partial charge on any atom is 0.119 e. The fraction of sp³-hybridized carbons (Fsp3) is 0.647. The van der Waals surface area contributed by atoms with Crippen molar-refractivity contribution in [2.24, 2.45) is 0 Å². The summed E-state index contributed by atoms with van der Waals surface area (Å²) in [6.07, 6.45) is 4.21. The monoisotopic (exact) mass is 290 g/mol. The van der Waals surface area contributed by atoms with Crippen molar-refractivity contribution in [2.75, 3.05) is 38.2 Å². The largest absolute Gasteiger partial charge is 0.497 e. The summed E-state index contributed by atoms with van der Waals surface area (Å²) in [6.45, 7) is 4.44. The van der Waals surface area contributed by atoms with E-state index >= 15 is 0 Å². The predicted octanol–water partition coefficient (Wildman–Crippen LogP) is 2.12. The van der Waals surface area contributed by atoms with Crippen molar-refractivity contribution in [1.82, 2.24) is 4.90 Å². The molecule has 0 unspecified atom stereocenters. The Balaban J connectivity index is 1.52. The van der Waals surface area contributed by atoms with E-state index in [0.29, 0.717) is 6.04 Å². The van der Waals surface area contributed by atoms with Crippen LogP contribution in [-0.2, 0) is 0 Å². The Hall–Kier alpha value is -1.26. The molecule has 1 saturated heterocycles. The van der Waals surface area contributed by atoms with Gasteiger partial charge in [0.05, 0.1) is 13.2 Å². The lowest BCUT2D eigenvalue weighted by atomic mass is 9.91. The van der Waals surface area contributed by atoms with E-state index < -0.39 is 0 Å². The van der Waals surface area contributed by atoms with Crippen LogP contribution in [0.25, 0.3) is 0 Å². The average Bonchev–Trinajstić information content (AvgIpc) is 2.56. The minimum atomic E-state index is -0.0539. The molecule has 21 heavy (non-hydrogen) atoms. The highest BCUT2D eigenvalue weighted by molar-refractivity contribution is 5.49. The first-order valence-electron chi connectivity index (χ1n) is 8.07. The summed E-state index contributed by atoms with van der Waals surface area (Å²) in [4.78, 5) is 5.07. The van der Waals surface area contributed by atoms with Gasteiger partial charge in [-0.2, -0.15) is 0 Å². The van der Waals surface area contributed by atoms with Crippen LogP contribution >= 0.6 is 0 Å². The fourth-order valence-electron chi connectivity index (χ4n) is 3.56. The van der Waals surface area contributed by atoms with E-state index in [4.69, 9.17) is 4.74 Å². The van der Waals surface area contributed by atoms with E-state index in [9.17, 15) is 5.11 Å². The van der Waals surface area contributed by atoms with Gasteiger partial charge in [-0.05, 0) is 49.9 Å². The summed E-state index contributed by atoms with van der Waals surface area (Å²) in [5.41, 5.74) is 1.29. The van der Waals surface area contributed by atoms with Crippen LogP contribution in [0.15, 0.2) is 24.3 Å². The van der Waals surface area contributed by atoms with Crippen LogP contribution in [0.4, 0.5) is 5.69 Å². The Bertz CT molecular complexity index is 433. The van der Waals surface area contributed by atoms with Gasteiger partial charge >= 0.3 is 0 Å². The van der Waals surface area contributed by atoms with E-state index in [0.717, 1.165) is 57.6 Å². The number of piperazine rings is 1. The van der Waals surface area contributed by atoms with E-state index in [1.807, 2.05) is 12.1 Å². The van der Waals surface area contributed by atoms with E-state index in [2.05, 4.69) is 21.9 Å². The van der Waals surface area contributed by atoms with Crippen LogP contribution in [-0.4, -0.2) is 55.4 Å². The Morgan fingerprint density at radius 2 is 1.57 bits per heavy atom. The molecule has 2 fully saturated rings. The molecular weight excluding hydrogens is 264 g/mol. The first-order chi connectivity index (χ1) is 10.3. The van der Waals surface area contributed by atoms with Crippen molar-refractivity contribution in [3.8, 4) is 5.75 Å². The topological polar surface area (TPSA) is 35.9 Å². The predicted molar refractivity (Wildman–Crippen MR) is 85.0 cm³/mol. The molecule has 0 atom stereocenters. The number of ether oxygens (including phenoxy) is 1. The number of rotatable bonds is 3. The summed E-state index contributed by atoms with van der Waals surface area (Å²) in [5.74, 6) is 0.915. The van der Waals surface area contributed by atoms with Gasteiger partial charge < -0.3 is 14.7 Å². The molecular formula is C17H26N2O2. The number of nitrogens with zero attached hydrogens (tertiary/aromatic N) is 2. The SMILES string of the molecule is COc1ccc(N2CCN(C3CCC(O)CC3)CC2)cc1. The third kappa shape index (κ3) is 3.50. The second kappa shape index (κ2) is 6.67. The van der Waals surface area contributed by atoms with Crippen molar-refractivity contribution in [1.29, 1.82) is 0 Å². The van der Waals surface area contributed by atoms with Gasteiger partial charge in [-0.3, -0.25) is 4.90 Å². The van der Waals surface area contributed by atoms with Crippen LogP contribution < -0.4 is 9.64 Å². The molecule has 1 aromatic carbocycles. The van der Waals surface area contributed by atoms with Crippen LogP contribution in [0, 0.1) is 0 Å². The molecule has 0 radical (unpaired) electrons. The minimum Gasteiger partial charge on any atom is -0.497 e. The van der Waals surface area contributed by atoms with Crippen molar-refractivity contribution >= 4 is 5.69 Å². The Kier molecular flexibility index (Phi) is 4.66. The Morgan fingerprint density at radius 1 is 0.952 bits per heavy atom. The Labute approximate surface area is 127 Å². The highest BCUT2D eigenvalue weighted by Crippen LogP contribution is 2.26. The van der Waals surface area contributed by atoms with Crippen molar-refractivity contribution < 1.29 is 9.84 Å². The molecule has 1 saturated carbocycles. The van der Waals surface area contributed by atoms with Gasteiger partial charge in [0.2, 0.25) is 0 Å². The van der Waals surface area contributed by atoms with E-state index in [1.54, 1.807) is 7.11 Å². The molecule has 1 N–H and O–H groups in total. The van der Waals surface area contributed by atoms with Crippen LogP contribution in [0.2, 0.25) is 0 Å². The highest BCUT2D eigenvalue weighted by atomic mass is 16.5. The van der Waals surface area contributed by atoms with Gasteiger partial charge in [0, 0.05) is 37.9 Å². The normalized spacial score (nSPS) is 27.6. The number of anilines is 1. The number of aliphatic hydroxyl groups is 1. The third-order valence-corrected chi connectivity index (χ3v) is 4.93. The third-order valence-electron chi connectivity index (χ3n) is 4.93. The first-order valence-corrected chi connectivity index (χ1v) is 8.07. The van der Waals surface area contributed by atoms with Gasteiger partial charge in [-0.15, -0.1) is 0 Å². The smallest absolute Gasteiger partial charge is 0.119 e. The number of benzene rings is 1. The average molecular weight is 290 g/mol. The standard InChI is InChI=1S/C17H26N2O2/c1-21-17-8-4-15(5-9-17)19-12-10-18(11-13-19)14-2-6-16(20)7-3-14/h4-5,8-9,14,16,20H,2-3,6-7,10-13H2,1H3. The minimum absolute atomic E-state index is 0.0539. The lowest BCUT2D eigenvalue weighted by molar-refractivity contribution is 0.0711. The molecule has 2 aliphatic rings. The van der Waals surface area contributed by atoms with Crippen LogP contribution in [0.5, 0.6) is 5.75 Å². The zero-order chi connectivity index (χ0) is 14.7. The summed E-state index contributed by atoms with van der Waals surface area (Å²) in [5, 5.41) is 9.62. The molecule has 116 valence electrons. The summed E-state index contributed by atoms with van der Waals surface area (Å²) in [7, 11) is 1.70. The maximum absolute atomic E-state index is 9.62. The van der Waals surface area contributed by atoms with E-state index in [-0.39, 0.29) is 6.10 Å². The molecule has 0 amide bonds. The molecule has 1 heterocycles. The Morgan fingerprint density at radius 3 is 2.14 bits per heavy atom. The van der Waals surface area contributed by atoms with Crippen molar-refractivity contribution in [2.45, 2.75) is 37.8 Å². The lowest BCUT2D eigenvalue weighted by Crippen LogP contribution is -2.51. The fourth-order valence-corrected chi connectivity index (χ4v) is 3.56. The molecule has 4 nitrogen and oxygen atoms in total. The number of hydrogen-bond acceptors (Lipinski definition) is 4. The molecule has 4 heteroatoms. The number of hydrogen-bond donors (Lipinski definition) is 1. The molecule has 0 aromatic heterocycles. The molecule has 1 aliphatic carbocycles.